The van der Waals surface area contributed by atoms with Crippen LogP contribution in [0.3, 0.4) is 0 Å². The Hall–Kier alpha value is -4.07. The van der Waals surface area contributed by atoms with Gasteiger partial charge in [-0.2, -0.15) is 0 Å². The highest BCUT2D eigenvalue weighted by molar-refractivity contribution is 6.40. The van der Waals surface area contributed by atoms with Crippen molar-refractivity contribution in [3.8, 4) is 11.5 Å². The van der Waals surface area contributed by atoms with E-state index in [9.17, 15) is 9.59 Å². The van der Waals surface area contributed by atoms with Crippen molar-refractivity contribution in [3.05, 3.63) is 106 Å². The monoisotopic (exact) mass is 507 g/mol. The standard InChI is InChI=1S/C26H19Cl2N3O4/c27-17-12-18(28)14-20(13-17)31-26(33)25(32)30-16-24-11-10-23(35-24)15-29-19-6-8-22(9-7-19)34-21-4-2-1-3-5-21/h1-15H,16H2,(H,30,32)(H,31,33). The summed E-state index contributed by atoms with van der Waals surface area (Å²) in [6, 6.07) is 24.7. The maximum absolute atomic E-state index is 12.1. The van der Waals surface area contributed by atoms with E-state index >= 15 is 0 Å². The summed E-state index contributed by atoms with van der Waals surface area (Å²) in [6.45, 7) is 0.0297. The molecule has 0 radical (unpaired) electrons. The van der Waals surface area contributed by atoms with Crippen molar-refractivity contribution in [1.29, 1.82) is 0 Å². The second-order valence-electron chi connectivity index (χ2n) is 7.27. The van der Waals surface area contributed by atoms with Gasteiger partial charge in [-0.3, -0.25) is 14.6 Å². The van der Waals surface area contributed by atoms with Gasteiger partial charge in [-0.15, -0.1) is 0 Å². The van der Waals surface area contributed by atoms with Gasteiger partial charge in [-0.1, -0.05) is 41.4 Å². The molecule has 0 aliphatic rings. The van der Waals surface area contributed by atoms with E-state index in [0.29, 0.717) is 33.0 Å². The Morgan fingerprint density at radius 3 is 2.26 bits per heavy atom. The molecule has 0 aliphatic carbocycles. The number of nitrogens with zero attached hydrogens (tertiary/aromatic N) is 1. The fraction of sp³-hybridized carbons (Fsp3) is 0.0385. The minimum absolute atomic E-state index is 0.0297. The summed E-state index contributed by atoms with van der Waals surface area (Å²) in [7, 11) is 0. The number of para-hydroxylation sites is 1. The minimum Gasteiger partial charge on any atom is -0.458 e. The molecule has 0 atom stereocenters. The summed E-state index contributed by atoms with van der Waals surface area (Å²) in [5.74, 6) is 0.739. The number of carbonyl (C=O) groups is 2. The Labute approximate surface area is 211 Å². The Balaban J connectivity index is 1.27. The van der Waals surface area contributed by atoms with Gasteiger partial charge in [0, 0.05) is 15.7 Å². The second-order valence-corrected chi connectivity index (χ2v) is 8.14. The zero-order valence-corrected chi connectivity index (χ0v) is 19.7. The third-order valence-electron chi connectivity index (χ3n) is 4.59. The first-order valence-electron chi connectivity index (χ1n) is 10.5. The molecule has 1 heterocycles. The number of anilines is 1. The molecule has 0 saturated heterocycles. The highest BCUT2D eigenvalue weighted by Gasteiger charge is 2.15. The lowest BCUT2D eigenvalue weighted by molar-refractivity contribution is -0.136. The Morgan fingerprint density at radius 1 is 0.857 bits per heavy atom. The number of amides is 2. The number of furan rings is 1. The second kappa shape index (κ2) is 11.4. The first-order valence-corrected chi connectivity index (χ1v) is 11.2. The van der Waals surface area contributed by atoms with Crippen LogP contribution in [0, 0.1) is 0 Å². The number of rotatable bonds is 7. The molecule has 176 valence electrons. The van der Waals surface area contributed by atoms with Crippen LogP contribution in [0.2, 0.25) is 10.0 Å². The molecule has 3 aromatic carbocycles. The summed E-state index contributed by atoms with van der Waals surface area (Å²) in [5.41, 5.74) is 1.04. The van der Waals surface area contributed by atoms with Crippen LogP contribution in [0.25, 0.3) is 0 Å². The van der Waals surface area contributed by atoms with Crippen LogP contribution in [0.5, 0.6) is 11.5 Å². The Bertz CT molecular complexity index is 1330. The fourth-order valence-electron chi connectivity index (χ4n) is 2.98. The fourth-order valence-corrected chi connectivity index (χ4v) is 3.51. The van der Waals surface area contributed by atoms with E-state index in [-0.39, 0.29) is 6.54 Å². The van der Waals surface area contributed by atoms with E-state index in [1.165, 1.54) is 18.2 Å². The van der Waals surface area contributed by atoms with Crippen molar-refractivity contribution < 1.29 is 18.7 Å². The van der Waals surface area contributed by atoms with E-state index in [1.807, 2.05) is 54.6 Å². The number of benzene rings is 3. The van der Waals surface area contributed by atoms with Gasteiger partial charge in [-0.25, -0.2) is 0 Å². The first-order chi connectivity index (χ1) is 16.9. The molecule has 7 nitrogen and oxygen atoms in total. The molecule has 9 heteroatoms. The van der Waals surface area contributed by atoms with Crippen LogP contribution in [-0.4, -0.2) is 18.0 Å². The first kappa shape index (κ1) is 24.1. The average molecular weight is 508 g/mol. The maximum Gasteiger partial charge on any atom is 0.313 e. The minimum atomic E-state index is -0.851. The van der Waals surface area contributed by atoms with E-state index in [4.69, 9.17) is 32.4 Å². The van der Waals surface area contributed by atoms with Crippen LogP contribution >= 0.6 is 23.2 Å². The summed E-state index contributed by atoms with van der Waals surface area (Å²) in [5, 5.41) is 5.62. The van der Waals surface area contributed by atoms with Gasteiger partial charge in [0.05, 0.1) is 18.4 Å². The lowest BCUT2D eigenvalue weighted by Gasteiger charge is -2.06. The lowest BCUT2D eigenvalue weighted by atomic mass is 10.3. The molecule has 1 aromatic heterocycles. The summed E-state index contributed by atoms with van der Waals surface area (Å²) < 4.78 is 11.4. The van der Waals surface area contributed by atoms with Gasteiger partial charge in [0.1, 0.15) is 23.0 Å². The number of nitrogens with one attached hydrogen (secondary N) is 2. The molecule has 0 spiro atoms. The van der Waals surface area contributed by atoms with E-state index in [0.717, 1.165) is 11.4 Å². The zero-order valence-electron chi connectivity index (χ0n) is 18.2. The van der Waals surface area contributed by atoms with Gasteiger partial charge in [0.25, 0.3) is 0 Å². The van der Waals surface area contributed by atoms with Crippen LogP contribution in [0.1, 0.15) is 11.5 Å². The van der Waals surface area contributed by atoms with Gasteiger partial charge >= 0.3 is 11.8 Å². The predicted octanol–water partition coefficient (Wildman–Crippen LogP) is 6.38. The highest BCUT2D eigenvalue weighted by atomic mass is 35.5. The average Bonchev–Trinajstić information content (AvgIpc) is 3.30. The molecule has 2 N–H and O–H groups in total. The molecular formula is C26H19Cl2N3O4. The van der Waals surface area contributed by atoms with Crippen molar-refractivity contribution in [2.45, 2.75) is 6.54 Å². The molecule has 0 fully saturated rings. The number of aliphatic imine (C=N–C) groups is 1. The predicted molar refractivity (Wildman–Crippen MR) is 136 cm³/mol. The Morgan fingerprint density at radius 2 is 1.54 bits per heavy atom. The van der Waals surface area contributed by atoms with Crippen molar-refractivity contribution >= 4 is 52.6 Å². The van der Waals surface area contributed by atoms with Crippen molar-refractivity contribution in [3.63, 3.8) is 0 Å². The number of halogens is 2. The maximum atomic E-state index is 12.1. The summed E-state index contributed by atoms with van der Waals surface area (Å²) >= 11 is 11.8. The van der Waals surface area contributed by atoms with E-state index < -0.39 is 11.8 Å². The van der Waals surface area contributed by atoms with Crippen molar-refractivity contribution in [1.82, 2.24) is 5.32 Å². The largest absolute Gasteiger partial charge is 0.458 e. The SMILES string of the molecule is O=C(NCc1ccc(C=Nc2ccc(Oc3ccccc3)cc2)o1)C(=O)Nc1cc(Cl)cc(Cl)c1. The molecule has 0 bridgehead atoms. The molecule has 0 aliphatic heterocycles. The highest BCUT2D eigenvalue weighted by Crippen LogP contribution is 2.24. The molecule has 0 unspecified atom stereocenters. The molecule has 4 rings (SSSR count). The molecule has 2 amide bonds. The van der Waals surface area contributed by atoms with E-state index in [2.05, 4.69) is 15.6 Å². The van der Waals surface area contributed by atoms with Crippen LogP contribution < -0.4 is 15.4 Å². The van der Waals surface area contributed by atoms with Crippen molar-refractivity contribution in [2.24, 2.45) is 4.99 Å². The molecule has 0 saturated carbocycles. The number of hydrogen-bond donors (Lipinski definition) is 2. The normalized spacial score (nSPS) is 10.8. The molecule has 35 heavy (non-hydrogen) atoms. The van der Waals surface area contributed by atoms with Crippen LogP contribution in [-0.2, 0) is 16.1 Å². The number of hydrogen-bond acceptors (Lipinski definition) is 5. The van der Waals surface area contributed by atoms with Crippen LogP contribution in [0.15, 0.2) is 94.3 Å². The van der Waals surface area contributed by atoms with Crippen molar-refractivity contribution in [2.75, 3.05) is 5.32 Å². The quantitative estimate of drug-likeness (QED) is 0.224. The topological polar surface area (TPSA) is 92.9 Å². The van der Waals surface area contributed by atoms with Gasteiger partial charge in [-0.05, 0) is 66.7 Å². The third kappa shape index (κ3) is 7.20. The smallest absolute Gasteiger partial charge is 0.313 e. The summed E-state index contributed by atoms with van der Waals surface area (Å²) in [6.07, 6.45) is 1.56. The summed E-state index contributed by atoms with van der Waals surface area (Å²) in [4.78, 5) is 28.5. The lowest BCUT2D eigenvalue weighted by Crippen LogP contribution is -2.34. The van der Waals surface area contributed by atoms with Gasteiger partial charge in [0.15, 0.2) is 0 Å². The van der Waals surface area contributed by atoms with E-state index in [1.54, 1.807) is 18.3 Å². The number of carbonyl (C=O) groups excluding carboxylic acids is 2. The van der Waals surface area contributed by atoms with Gasteiger partial charge in [0.2, 0.25) is 0 Å². The number of ether oxygens (including phenoxy) is 1. The Kier molecular flexibility index (Phi) is 7.82. The van der Waals surface area contributed by atoms with Gasteiger partial charge < -0.3 is 19.8 Å². The molecule has 4 aromatic rings. The molecular weight excluding hydrogens is 489 g/mol. The third-order valence-corrected chi connectivity index (χ3v) is 5.03. The zero-order chi connectivity index (χ0) is 24.6. The van der Waals surface area contributed by atoms with Crippen LogP contribution in [0.4, 0.5) is 11.4 Å².